The molecule has 0 aliphatic carbocycles. The third-order valence-electron chi connectivity index (χ3n) is 2.14. The zero-order valence-electron chi connectivity index (χ0n) is 9.30. The summed E-state index contributed by atoms with van der Waals surface area (Å²) in [7, 11) is 1.76. The molecule has 2 atom stereocenters. The van der Waals surface area contributed by atoms with Gasteiger partial charge in [0.25, 0.3) is 0 Å². The molecule has 0 bridgehead atoms. The van der Waals surface area contributed by atoms with Crippen molar-refractivity contribution in [1.82, 2.24) is 5.32 Å². The quantitative estimate of drug-likeness (QED) is 0.614. The van der Waals surface area contributed by atoms with E-state index in [1.807, 2.05) is 11.8 Å². The Morgan fingerprint density at radius 1 is 1.38 bits per heavy atom. The van der Waals surface area contributed by atoms with E-state index in [0.29, 0.717) is 11.3 Å². The fraction of sp³-hybridized carbons (Fsp3) is 1.00. The van der Waals surface area contributed by atoms with Crippen molar-refractivity contribution in [3.63, 3.8) is 0 Å². The average molecular weight is 205 g/mol. The van der Waals surface area contributed by atoms with Crippen molar-refractivity contribution >= 4 is 11.8 Å². The molecule has 0 saturated heterocycles. The van der Waals surface area contributed by atoms with Crippen LogP contribution in [-0.4, -0.2) is 37.3 Å². The summed E-state index contributed by atoms with van der Waals surface area (Å²) in [5.41, 5.74) is 0. The van der Waals surface area contributed by atoms with Crippen LogP contribution in [-0.2, 0) is 4.74 Å². The SMILES string of the molecule is CCNC(CC)C(C)SCCOC. The monoisotopic (exact) mass is 205 g/mol. The van der Waals surface area contributed by atoms with Crippen LogP contribution in [0.3, 0.4) is 0 Å². The Morgan fingerprint density at radius 3 is 2.54 bits per heavy atom. The lowest BCUT2D eigenvalue weighted by atomic mass is 10.2. The van der Waals surface area contributed by atoms with Gasteiger partial charge >= 0.3 is 0 Å². The minimum absolute atomic E-state index is 0.645. The smallest absolute Gasteiger partial charge is 0.0553 e. The van der Waals surface area contributed by atoms with Crippen LogP contribution in [0.2, 0.25) is 0 Å². The van der Waals surface area contributed by atoms with Crippen LogP contribution in [0.25, 0.3) is 0 Å². The van der Waals surface area contributed by atoms with Crippen molar-refractivity contribution in [1.29, 1.82) is 0 Å². The summed E-state index contributed by atoms with van der Waals surface area (Å²) in [6.07, 6.45) is 1.20. The summed E-state index contributed by atoms with van der Waals surface area (Å²) in [5.74, 6) is 1.10. The Hall–Kier alpha value is 0.270. The lowest BCUT2D eigenvalue weighted by molar-refractivity contribution is 0.218. The molecule has 0 amide bonds. The van der Waals surface area contributed by atoms with Crippen LogP contribution < -0.4 is 5.32 Å². The first-order chi connectivity index (χ1) is 6.26. The van der Waals surface area contributed by atoms with E-state index in [0.717, 1.165) is 18.9 Å². The summed E-state index contributed by atoms with van der Waals surface area (Å²) in [6.45, 7) is 8.61. The van der Waals surface area contributed by atoms with E-state index in [4.69, 9.17) is 4.74 Å². The summed E-state index contributed by atoms with van der Waals surface area (Å²) in [4.78, 5) is 0. The van der Waals surface area contributed by atoms with Gasteiger partial charge in [-0.15, -0.1) is 0 Å². The summed E-state index contributed by atoms with van der Waals surface area (Å²) in [6, 6.07) is 0.645. The second kappa shape index (κ2) is 8.85. The first kappa shape index (κ1) is 13.3. The molecule has 0 aromatic carbocycles. The first-order valence-corrected chi connectivity index (χ1v) is 6.15. The molecule has 0 fully saturated rings. The van der Waals surface area contributed by atoms with Crippen LogP contribution in [0.5, 0.6) is 0 Å². The number of nitrogens with one attached hydrogen (secondary N) is 1. The third-order valence-corrected chi connectivity index (χ3v) is 3.40. The van der Waals surface area contributed by atoms with Gasteiger partial charge in [0.1, 0.15) is 0 Å². The van der Waals surface area contributed by atoms with Crippen LogP contribution in [0.15, 0.2) is 0 Å². The van der Waals surface area contributed by atoms with Gasteiger partial charge in [0.2, 0.25) is 0 Å². The molecule has 0 aromatic heterocycles. The Labute approximate surface area is 86.8 Å². The standard InChI is InChI=1S/C10H23NOS/c1-5-10(11-6-2)9(3)13-8-7-12-4/h9-11H,5-8H2,1-4H3. The topological polar surface area (TPSA) is 21.3 Å². The highest BCUT2D eigenvalue weighted by molar-refractivity contribution is 7.99. The van der Waals surface area contributed by atoms with Crippen LogP contribution >= 0.6 is 11.8 Å². The molecule has 1 N–H and O–H groups in total. The van der Waals surface area contributed by atoms with Gasteiger partial charge in [0.15, 0.2) is 0 Å². The van der Waals surface area contributed by atoms with Gasteiger partial charge in [-0.05, 0) is 13.0 Å². The van der Waals surface area contributed by atoms with Gasteiger partial charge < -0.3 is 10.1 Å². The van der Waals surface area contributed by atoms with Crippen molar-refractivity contribution in [2.24, 2.45) is 0 Å². The molecule has 0 spiro atoms. The first-order valence-electron chi connectivity index (χ1n) is 5.10. The van der Waals surface area contributed by atoms with Crippen molar-refractivity contribution in [3.8, 4) is 0 Å². The van der Waals surface area contributed by atoms with E-state index in [1.54, 1.807) is 7.11 Å². The zero-order chi connectivity index (χ0) is 10.1. The number of ether oxygens (including phenoxy) is 1. The van der Waals surface area contributed by atoms with Crippen molar-refractivity contribution in [3.05, 3.63) is 0 Å². The summed E-state index contributed by atoms with van der Waals surface area (Å²) < 4.78 is 5.02. The molecule has 0 saturated carbocycles. The molecule has 2 nitrogen and oxygen atoms in total. The van der Waals surface area contributed by atoms with Crippen molar-refractivity contribution in [2.75, 3.05) is 26.0 Å². The molecule has 3 heteroatoms. The van der Waals surface area contributed by atoms with Gasteiger partial charge in [-0.1, -0.05) is 20.8 Å². The van der Waals surface area contributed by atoms with Gasteiger partial charge in [0.05, 0.1) is 6.61 Å². The van der Waals surface area contributed by atoms with E-state index in [1.165, 1.54) is 6.42 Å². The Morgan fingerprint density at radius 2 is 2.08 bits per heavy atom. The lowest BCUT2D eigenvalue weighted by Gasteiger charge is -2.22. The molecule has 0 aliphatic rings. The zero-order valence-corrected chi connectivity index (χ0v) is 10.1. The molecule has 13 heavy (non-hydrogen) atoms. The largest absolute Gasteiger partial charge is 0.384 e. The molecule has 0 heterocycles. The van der Waals surface area contributed by atoms with E-state index in [-0.39, 0.29) is 0 Å². The number of hydrogen-bond donors (Lipinski definition) is 1. The minimum Gasteiger partial charge on any atom is -0.384 e. The van der Waals surface area contributed by atoms with Gasteiger partial charge in [0, 0.05) is 24.2 Å². The van der Waals surface area contributed by atoms with E-state index in [2.05, 4.69) is 26.1 Å². The normalized spacial score (nSPS) is 15.7. The summed E-state index contributed by atoms with van der Waals surface area (Å²) >= 11 is 1.99. The predicted molar refractivity (Wildman–Crippen MR) is 61.6 cm³/mol. The highest BCUT2D eigenvalue weighted by Crippen LogP contribution is 2.15. The average Bonchev–Trinajstić information content (AvgIpc) is 2.14. The molecule has 0 radical (unpaired) electrons. The fourth-order valence-corrected chi connectivity index (χ4v) is 2.49. The third kappa shape index (κ3) is 6.36. The Bertz CT molecular complexity index is 111. The molecule has 80 valence electrons. The predicted octanol–water partition coefficient (Wildman–Crippen LogP) is 2.14. The highest BCUT2D eigenvalue weighted by Gasteiger charge is 2.13. The van der Waals surface area contributed by atoms with Crippen LogP contribution in [0.1, 0.15) is 27.2 Å². The molecular weight excluding hydrogens is 182 g/mol. The van der Waals surface area contributed by atoms with Gasteiger partial charge in [-0.25, -0.2) is 0 Å². The molecule has 2 unspecified atom stereocenters. The number of thioether (sulfide) groups is 1. The fourth-order valence-electron chi connectivity index (χ4n) is 1.34. The molecular formula is C10H23NOS. The lowest BCUT2D eigenvalue weighted by Crippen LogP contribution is -2.36. The summed E-state index contributed by atoms with van der Waals surface area (Å²) in [5, 5.41) is 4.18. The maximum absolute atomic E-state index is 5.02. The number of methoxy groups -OCH3 is 1. The van der Waals surface area contributed by atoms with Crippen LogP contribution in [0, 0.1) is 0 Å². The molecule has 0 rings (SSSR count). The van der Waals surface area contributed by atoms with Gasteiger partial charge in [-0.3, -0.25) is 0 Å². The highest BCUT2D eigenvalue weighted by atomic mass is 32.2. The van der Waals surface area contributed by atoms with E-state index in [9.17, 15) is 0 Å². The van der Waals surface area contributed by atoms with Crippen molar-refractivity contribution < 1.29 is 4.74 Å². The number of hydrogen-bond acceptors (Lipinski definition) is 3. The van der Waals surface area contributed by atoms with E-state index >= 15 is 0 Å². The van der Waals surface area contributed by atoms with Crippen LogP contribution in [0.4, 0.5) is 0 Å². The molecule has 0 aromatic rings. The molecule has 0 aliphatic heterocycles. The maximum atomic E-state index is 5.02. The Balaban J connectivity index is 3.57. The second-order valence-corrected chi connectivity index (χ2v) is 4.63. The van der Waals surface area contributed by atoms with Crippen molar-refractivity contribution in [2.45, 2.75) is 38.5 Å². The number of rotatable bonds is 8. The maximum Gasteiger partial charge on any atom is 0.0553 e. The Kier molecular flexibility index (Phi) is 9.03. The second-order valence-electron chi connectivity index (χ2n) is 3.14. The minimum atomic E-state index is 0.645. The van der Waals surface area contributed by atoms with E-state index < -0.39 is 0 Å². The van der Waals surface area contributed by atoms with Gasteiger partial charge in [-0.2, -0.15) is 11.8 Å².